The molecule has 13 heavy (non-hydrogen) atoms. The van der Waals surface area contributed by atoms with E-state index < -0.39 is 5.82 Å². The molecule has 0 aliphatic carbocycles. The fourth-order valence-corrected chi connectivity index (χ4v) is 1.33. The Morgan fingerprint density at radius 2 is 2.15 bits per heavy atom. The Morgan fingerprint density at radius 1 is 1.46 bits per heavy atom. The zero-order valence-corrected chi connectivity index (χ0v) is 7.88. The van der Waals surface area contributed by atoms with Crippen molar-refractivity contribution in [1.29, 1.82) is 0 Å². The van der Waals surface area contributed by atoms with Crippen molar-refractivity contribution in [2.45, 2.75) is 20.3 Å². The van der Waals surface area contributed by atoms with E-state index in [0.29, 0.717) is 12.2 Å². The summed E-state index contributed by atoms with van der Waals surface area (Å²) < 4.78 is 13.1. The normalized spacial score (nSPS) is 10.5. The third-order valence-corrected chi connectivity index (χ3v) is 1.89. The predicted molar refractivity (Wildman–Crippen MR) is 50.3 cm³/mol. The number of rotatable bonds is 3. The summed E-state index contributed by atoms with van der Waals surface area (Å²) in [6.45, 7) is 4.08. The molecule has 0 saturated heterocycles. The highest BCUT2D eigenvalue weighted by Gasteiger charge is 2.07. The van der Waals surface area contributed by atoms with Gasteiger partial charge >= 0.3 is 0 Å². The van der Waals surface area contributed by atoms with E-state index in [1.807, 2.05) is 13.8 Å². The van der Waals surface area contributed by atoms with E-state index in [4.69, 9.17) is 0 Å². The first-order valence-corrected chi connectivity index (χ1v) is 4.37. The SMILES string of the molecule is CC(C)Cc1cccc(F)c1C=O. The maximum absolute atomic E-state index is 13.1. The van der Waals surface area contributed by atoms with E-state index in [9.17, 15) is 9.18 Å². The maximum atomic E-state index is 13.1. The van der Waals surface area contributed by atoms with Crippen LogP contribution in [0.4, 0.5) is 4.39 Å². The van der Waals surface area contributed by atoms with Gasteiger partial charge in [0.1, 0.15) is 5.82 Å². The van der Waals surface area contributed by atoms with Crippen molar-refractivity contribution in [2.75, 3.05) is 0 Å². The van der Waals surface area contributed by atoms with Crippen molar-refractivity contribution in [2.24, 2.45) is 5.92 Å². The molecule has 0 amide bonds. The Bertz CT molecular complexity index is 305. The molecule has 0 atom stereocenters. The number of carbonyl (C=O) groups excluding carboxylic acids is 1. The number of carbonyl (C=O) groups is 1. The first-order chi connectivity index (χ1) is 6.15. The summed E-state index contributed by atoms with van der Waals surface area (Å²) in [7, 11) is 0. The second-order valence-electron chi connectivity index (χ2n) is 3.53. The number of aldehydes is 1. The fraction of sp³-hybridized carbons (Fsp3) is 0.364. The molecule has 0 saturated carbocycles. The van der Waals surface area contributed by atoms with E-state index in [1.165, 1.54) is 6.07 Å². The highest BCUT2D eigenvalue weighted by atomic mass is 19.1. The average molecular weight is 180 g/mol. The monoisotopic (exact) mass is 180 g/mol. The third-order valence-electron chi connectivity index (χ3n) is 1.89. The van der Waals surface area contributed by atoms with Crippen molar-refractivity contribution in [3.05, 3.63) is 35.1 Å². The number of halogens is 1. The van der Waals surface area contributed by atoms with Crippen LogP contribution in [0.3, 0.4) is 0 Å². The van der Waals surface area contributed by atoms with Gasteiger partial charge in [-0.15, -0.1) is 0 Å². The van der Waals surface area contributed by atoms with Crippen LogP contribution >= 0.6 is 0 Å². The lowest BCUT2D eigenvalue weighted by molar-refractivity contribution is 0.111. The molecule has 0 radical (unpaired) electrons. The molecule has 1 aromatic carbocycles. The van der Waals surface area contributed by atoms with Gasteiger partial charge in [0.15, 0.2) is 6.29 Å². The number of hydrogen-bond donors (Lipinski definition) is 0. The zero-order valence-electron chi connectivity index (χ0n) is 7.88. The van der Waals surface area contributed by atoms with Gasteiger partial charge in [0.25, 0.3) is 0 Å². The van der Waals surface area contributed by atoms with Gasteiger partial charge < -0.3 is 0 Å². The molecule has 1 rings (SSSR count). The van der Waals surface area contributed by atoms with Crippen molar-refractivity contribution >= 4 is 6.29 Å². The van der Waals surface area contributed by atoms with E-state index >= 15 is 0 Å². The molecule has 0 aliphatic rings. The lowest BCUT2D eigenvalue weighted by atomic mass is 9.98. The summed E-state index contributed by atoms with van der Waals surface area (Å²) in [4.78, 5) is 10.6. The van der Waals surface area contributed by atoms with Crippen LogP contribution in [0.5, 0.6) is 0 Å². The van der Waals surface area contributed by atoms with Gasteiger partial charge in [-0.25, -0.2) is 4.39 Å². The van der Waals surface area contributed by atoms with E-state index in [2.05, 4.69) is 0 Å². The predicted octanol–water partition coefficient (Wildman–Crippen LogP) is 2.84. The molecule has 0 N–H and O–H groups in total. The first-order valence-electron chi connectivity index (χ1n) is 4.37. The molecule has 0 fully saturated rings. The van der Waals surface area contributed by atoms with E-state index in [0.717, 1.165) is 12.0 Å². The minimum atomic E-state index is -0.423. The van der Waals surface area contributed by atoms with Crippen LogP contribution in [0.1, 0.15) is 29.8 Å². The van der Waals surface area contributed by atoms with Gasteiger partial charge in [-0.05, 0) is 24.0 Å². The molecule has 0 heterocycles. The fourth-order valence-electron chi connectivity index (χ4n) is 1.33. The maximum Gasteiger partial charge on any atom is 0.153 e. The van der Waals surface area contributed by atoms with Gasteiger partial charge in [0.05, 0.1) is 5.56 Å². The summed E-state index contributed by atoms with van der Waals surface area (Å²) in [6, 6.07) is 4.75. The Hall–Kier alpha value is -1.18. The molecule has 0 bridgehead atoms. The Kier molecular flexibility index (Phi) is 3.18. The smallest absolute Gasteiger partial charge is 0.153 e. The quantitative estimate of drug-likeness (QED) is 0.654. The van der Waals surface area contributed by atoms with E-state index in [-0.39, 0.29) is 5.56 Å². The molecule has 0 unspecified atom stereocenters. The van der Waals surface area contributed by atoms with Crippen molar-refractivity contribution in [1.82, 2.24) is 0 Å². The van der Waals surface area contributed by atoms with Gasteiger partial charge in [0.2, 0.25) is 0 Å². The lowest BCUT2D eigenvalue weighted by Gasteiger charge is -2.07. The van der Waals surface area contributed by atoms with Gasteiger partial charge in [-0.3, -0.25) is 4.79 Å². The summed E-state index contributed by atoms with van der Waals surface area (Å²) in [6.07, 6.45) is 1.33. The summed E-state index contributed by atoms with van der Waals surface area (Å²) in [5, 5.41) is 0. The first kappa shape index (κ1) is 9.90. The lowest BCUT2D eigenvalue weighted by Crippen LogP contribution is -2.00. The minimum absolute atomic E-state index is 0.205. The average Bonchev–Trinajstić information content (AvgIpc) is 2.03. The standard InChI is InChI=1S/C11H13FO/c1-8(2)6-9-4-3-5-11(12)10(9)7-13/h3-5,7-8H,6H2,1-2H3. The third kappa shape index (κ3) is 2.38. The Labute approximate surface area is 77.6 Å². The van der Waals surface area contributed by atoms with Gasteiger partial charge in [-0.2, -0.15) is 0 Å². The van der Waals surface area contributed by atoms with Crippen LogP contribution in [-0.4, -0.2) is 6.29 Å². The molecule has 70 valence electrons. The van der Waals surface area contributed by atoms with Crippen molar-refractivity contribution in [3.8, 4) is 0 Å². The van der Waals surface area contributed by atoms with Crippen LogP contribution in [0.25, 0.3) is 0 Å². The van der Waals surface area contributed by atoms with Gasteiger partial charge in [-0.1, -0.05) is 26.0 Å². The molecule has 0 spiro atoms. The van der Waals surface area contributed by atoms with Gasteiger partial charge in [0, 0.05) is 0 Å². The van der Waals surface area contributed by atoms with Crippen molar-refractivity contribution < 1.29 is 9.18 Å². The molecular weight excluding hydrogens is 167 g/mol. The second kappa shape index (κ2) is 4.17. The number of hydrogen-bond acceptors (Lipinski definition) is 1. The highest BCUT2D eigenvalue weighted by Crippen LogP contribution is 2.15. The van der Waals surface area contributed by atoms with Crippen LogP contribution in [0.2, 0.25) is 0 Å². The molecule has 0 aliphatic heterocycles. The van der Waals surface area contributed by atoms with E-state index in [1.54, 1.807) is 12.1 Å². The largest absolute Gasteiger partial charge is 0.298 e. The molecule has 1 aromatic rings. The zero-order chi connectivity index (χ0) is 9.84. The van der Waals surface area contributed by atoms with Crippen LogP contribution < -0.4 is 0 Å². The molecule has 2 heteroatoms. The summed E-state index contributed by atoms with van der Waals surface area (Å²) in [5.74, 6) is 0.00801. The molecule has 0 aromatic heterocycles. The highest BCUT2D eigenvalue weighted by molar-refractivity contribution is 5.77. The van der Waals surface area contributed by atoms with Crippen molar-refractivity contribution in [3.63, 3.8) is 0 Å². The van der Waals surface area contributed by atoms with Crippen LogP contribution in [-0.2, 0) is 6.42 Å². The number of benzene rings is 1. The Morgan fingerprint density at radius 3 is 2.69 bits per heavy atom. The second-order valence-corrected chi connectivity index (χ2v) is 3.53. The topological polar surface area (TPSA) is 17.1 Å². The summed E-state index contributed by atoms with van der Waals surface area (Å²) in [5.41, 5.74) is 1.00. The molecular formula is C11H13FO. The molecule has 1 nitrogen and oxygen atoms in total. The van der Waals surface area contributed by atoms with Crippen LogP contribution in [0.15, 0.2) is 18.2 Å². The minimum Gasteiger partial charge on any atom is -0.298 e. The summed E-state index contributed by atoms with van der Waals surface area (Å²) >= 11 is 0. The Balaban J connectivity index is 3.05. The van der Waals surface area contributed by atoms with Crippen LogP contribution in [0, 0.1) is 11.7 Å².